The van der Waals surface area contributed by atoms with Crippen molar-refractivity contribution in [3.05, 3.63) is 35.9 Å². The zero-order chi connectivity index (χ0) is 36.1. The van der Waals surface area contributed by atoms with Gasteiger partial charge in [-0.15, -0.1) is 0 Å². The maximum Gasteiger partial charge on any atom is 0.245 e. The molecule has 10 nitrogen and oxygen atoms in total. The van der Waals surface area contributed by atoms with Crippen LogP contribution < -0.4 is 10.6 Å². The monoisotopic (exact) mass is 672 g/mol. The van der Waals surface area contributed by atoms with Crippen LogP contribution in [0.3, 0.4) is 0 Å². The van der Waals surface area contributed by atoms with E-state index in [4.69, 9.17) is 9.47 Å². The van der Waals surface area contributed by atoms with Gasteiger partial charge < -0.3 is 29.9 Å². The maximum absolute atomic E-state index is 14.0. The van der Waals surface area contributed by atoms with E-state index < -0.39 is 30.2 Å². The molecule has 0 aromatic heterocycles. The van der Waals surface area contributed by atoms with Crippen molar-refractivity contribution < 1.29 is 28.7 Å². The Morgan fingerprint density at radius 1 is 0.938 bits per heavy atom. The van der Waals surface area contributed by atoms with Crippen LogP contribution in [0.4, 0.5) is 0 Å². The van der Waals surface area contributed by atoms with Gasteiger partial charge in [0, 0.05) is 40.3 Å². The lowest BCUT2D eigenvalue weighted by molar-refractivity contribution is -0.147. The van der Waals surface area contributed by atoms with Crippen LogP contribution in [0.25, 0.3) is 0 Å². The molecule has 272 valence electrons. The maximum atomic E-state index is 14.0. The SMILES string of the molecule is CC[C@H](C)C([C@@H](CC(=O)N1CCC[C@H]1[C@H](OC)[C@@H](C)C(=O)N[C@H](C)Cc1ccccc1)OC)N(C)C(=O)[C@@H](NC(=O)CC(C)C)C(C)C. The molecule has 1 aliphatic rings. The molecule has 1 aromatic carbocycles. The largest absolute Gasteiger partial charge is 0.379 e. The Bertz CT molecular complexity index is 1160. The minimum atomic E-state index is -0.686. The minimum Gasteiger partial charge on any atom is -0.379 e. The van der Waals surface area contributed by atoms with Crippen LogP contribution in [0.5, 0.6) is 0 Å². The van der Waals surface area contributed by atoms with E-state index in [-0.39, 0.29) is 59.9 Å². The highest BCUT2D eigenvalue weighted by molar-refractivity contribution is 5.88. The first-order valence-electron chi connectivity index (χ1n) is 17.9. The van der Waals surface area contributed by atoms with Gasteiger partial charge in [-0.1, -0.05) is 85.2 Å². The summed E-state index contributed by atoms with van der Waals surface area (Å²) in [7, 11) is 4.93. The quantitative estimate of drug-likeness (QED) is 0.217. The van der Waals surface area contributed by atoms with Gasteiger partial charge in [0.1, 0.15) is 6.04 Å². The molecule has 2 rings (SSSR count). The zero-order valence-corrected chi connectivity index (χ0v) is 31.5. The van der Waals surface area contributed by atoms with Gasteiger partial charge in [-0.05, 0) is 49.5 Å². The van der Waals surface area contributed by atoms with E-state index in [0.29, 0.717) is 13.0 Å². The Morgan fingerprint density at radius 2 is 1.58 bits per heavy atom. The summed E-state index contributed by atoms with van der Waals surface area (Å²) < 4.78 is 11.9. The van der Waals surface area contributed by atoms with Gasteiger partial charge in [-0.3, -0.25) is 19.2 Å². The van der Waals surface area contributed by atoms with Crippen LogP contribution in [-0.4, -0.2) is 97.6 Å². The normalized spacial score (nSPS) is 19.3. The van der Waals surface area contributed by atoms with Gasteiger partial charge in [-0.2, -0.15) is 0 Å². The first-order valence-corrected chi connectivity index (χ1v) is 17.9. The summed E-state index contributed by atoms with van der Waals surface area (Å²) in [5, 5.41) is 6.10. The molecule has 1 aliphatic heterocycles. The molecule has 48 heavy (non-hydrogen) atoms. The molecule has 4 amide bonds. The number of nitrogens with zero attached hydrogens (tertiary/aromatic N) is 2. The van der Waals surface area contributed by atoms with Crippen molar-refractivity contribution in [3.63, 3.8) is 0 Å². The number of likely N-dealkylation sites (tertiary alicyclic amines) is 1. The van der Waals surface area contributed by atoms with E-state index in [1.54, 1.807) is 26.2 Å². The first-order chi connectivity index (χ1) is 22.7. The van der Waals surface area contributed by atoms with Gasteiger partial charge in [0.2, 0.25) is 23.6 Å². The van der Waals surface area contributed by atoms with Crippen LogP contribution in [0.2, 0.25) is 0 Å². The Balaban J connectivity index is 2.20. The topological polar surface area (TPSA) is 117 Å². The molecule has 0 spiro atoms. The molecular weight excluding hydrogens is 608 g/mol. The highest BCUT2D eigenvalue weighted by Crippen LogP contribution is 2.29. The fraction of sp³-hybridized carbons (Fsp3) is 0.737. The van der Waals surface area contributed by atoms with Crippen LogP contribution in [0.1, 0.15) is 93.1 Å². The van der Waals surface area contributed by atoms with Gasteiger partial charge in [0.15, 0.2) is 0 Å². The lowest BCUT2D eigenvalue weighted by Gasteiger charge is -2.40. The van der Waals surface area contributed by atoms with Crippen molar-refractivity contribution in [2.75, 3.05) is 27.8 Å². The molecule has 10 heteroatoms. The average molecular weight is 673 g/mol. The van der Waals surface area contributed by atoms with E-state index in [1.807, 2.05) is 76.8 Å². The van der Waals surface area contributed by atoms with Crippen molar-refractivity contribution in [1.82, 2.24) is 20.4 Å². The number of carbonyl (C=O) groups excluding carboxylic acids is 4. The predicted octanol–water partition coefficient (Wildman–Crippen LogP) is 4.84. The molecule has 1 saturated heterocycles. The first kappa shape index (κ1) is 41.2. The third-order valence-electron chi connectivity index (χ3n) is 9.87. The molecule has 1 aromatic rings. The standard InChI is InChI=1S/C38H64N4O6/c1-12-26(6)35(41(9)38(46)34(25(4)5)40-32(43)21-24(2)3)31(47-10)23-33(44)42-20-16-19-30(42)36(48-11)28(8)37(45)39-27(7)22-29-17-14-13-15-18-29/h13-15,17-18,24-28,30-31,34-36H,12,16,19-23H2,1-11H3,(H,39,45)(H,40,43)/t26-,27+,28+,30-,31+,34-,35?,36+/m0/s1. The number of ether oxygens (including phenoxy) is 2. The van der Waals surface area contributed by atoms with Crippen molar-refractivity contribution in [2.24, 2.45) is 23.7 Å². The average Bonchev–Trinajstić information content (AvgIpc) is 3.52. The highest BCUT2D eigenvalue weighted by Gasteiger charge is 2.42. The van der Waals surface area contributed by atoms with E-state index in [2.05, 4.69) is 24.5 Å². The molecule has 0 radical (unpaired) electrons. The van der Waals surface area contributed by atoms with Crippen LogP contribution in [0, 0.1) is 23.7 Å². The number of hydrogen-bond donors (Lipinski definition) is 2. The number of methoxy groups -OCH3 is 2. The predicted molar refractivity (Wildman–Crippen MR) is 190 cm³/mol. The summed E-state index contributed by atoms with van der Waals surface area (Å²) in [5.41, 5.74) is 1.15. The van der Waals surface area contributed by atoms with E-state index in [0.717, 1.165) is 31.2 Å². The summed E-state index contributed by atoms with van der Waals surface area (Å²) in [6.45, 7) is 16.3. The van der Waals surface area contributed by atoms with Crippen LogP contribution in [-0.2, 0) is 35.1 Å². The number of nitrogens with one attached hydrogen (secondary N) is 2. The van der Waals surface area contributed by atoms with Crippen molar-refractivity contribution >= 4 is 23.6 Å². The lowest BCUT2D eigenvalue weighted by atomic mass is 9.89. The lowest BCUT2D eigenvalue weighted by Crippen LogP contribution is -2.58. The van der Waals surface area contributed by atoms with Crippen molar-refractivity contribution in [1.29, 1.82) is 0 Å². The molecular formula is C38H64N4O6. The van der Waals surface area contributed by atoms with E-state index in [1.165, 1.54) is 0 Å². The molecule has 0 bridgehead atoms. The molecule has 2 N–H and O–H groups in total. The zero-order valence-electron chi connectivity index (χ0n) is 31.5. The fourth-order valence-electron chi connectivity index (χ4n) is 7.04. The Kier molecular flexibility index (Phi) is 17.1. The Morgan fingerprint density at radius 3 is 2.12 bits per heavy atom. The van der Waals surface area contributed by atoms with Gasteiger partial charge in [-0.25, -0.2) is 0 Å². The molecule has 8 atom stereocenters. The van der Waals surface area contributed by atoms with Crippen molar-refractivity contribution in [3.8, 4) is 0 Å². The summed E-state index contributed by atoms with van der Waals surface area (Å²) >= 11 is 0. The van der Waals surface area contributed by atoms with Gasteiger partial charge >= 0.3 is 0 Å². The number of likely N-dealkylation sites (N-methyl/N-ethyl adjacent to an activating group) is 1. The summed E-state index contributed by atoms with van der Waals surface area (Å²) in [6, 6.07) is 8.66. The summed E-state index contributed by atoms with van der Waals surface area (Å²) in [4.78, 5) is 57.6. The molecule has 0 saturated carbocycles. The molecule has 0 aliphatic carbocycles. The van der Waals surface area contributed by atoms with E-state index in [9.17, 15) is 19.2 Å². The minimum absolute atomic E-state index is 0.0265. The summed E-state index contributed by atoms with van der Waals surface area (Å²) in [5.74, 6) is -0.915. The Hall–Kier alpha value is -2.98. The fourth-order valence-corrected chi connectivity index (χ4v) is 7.04. The number of hydrogen-bond acceptors (Lipinski definition) is 6. The Labute approximate surface area is 290 Å². The number of amides is 4. The van der Waals surface area contributed by atoms with Crippen LogP contribution >= 0.6 is 0 Å². The number of rotatable bonds is 19. The van der Waals surface area contributed by atoms with Gasteiger partial charge in [0.05, 0.1) is 36.6 Å². The molecule has 1 heterocycles. The van der Waals surface area contributed by atoms with E-state index >= 15 is 0 Å². The second-order valence-electron chi connectivity index (χ2n) is 14.6. The molecule has 1 fully saturated rings. The van der Waals surface area contributed by atoms with Crippen molar-refractivity contribution in [2.45, 2.75) is 130 Å². The third-order valence-corrected chi connectivity index (χ3v) is 9.87. The van der Waals surface area contributed by atoms with Crippen LogP contribution in [0.15, 0.2) is 30.3 Å². The summed E-state index contributed by atoms with van der Waals surface area (Å²) in [6.07, 6.45) is 2.42. The third kappa shape index (κ3) is 11.6. The van der Waals surface area contributed by atoms with Gasteiger partial charge in [0.25, 0.3) is 0 Å². The molecule has 1 unspecified atom stereocenters. The second-order valence-corrected chi connectivity index (χ2v) is 14.6. The number of carbonyl (C=O) groups is 4. The number of benzene rings is 1. The second kappa shape index (κ2) is 19.9. The highest BCUT2D eigenvalue weighted by atomic mass is 16.5. The smallest absolute Gasteiger partial charge is 0.245 e.